The number of alkyl halides is 3. The van der Waals surface area contributed by atoms with Crippen molar-refractivity contribution in [2.45, 2.75) is 45.4 Å². The van der Waals surface area contributed by atoms with Crippen molar-refractivity contribution in [2.75, 3.05) is 38.0 Å². The monoisotopic (exact) mass is 439 g/mol. The smallest absolute Gasteiger partial charge is 0.416 e. The number of rotatable bonds is 6. The van der Waals surface area contributed by atoms with Gasteiger partial charge in [0.15, 0.2) is 0 Å². The van der Waals surface area contributed by atoms with Crippen molar-refractivity contribution < 1.29 is 27.5 Å². The topological polar surface area (TPSA) is 70.7 Å². The van der Waals surface area contributed by atoms with E-state index in [1.807, 2.05) is 0 Å². The zero-order chi connectivity index (χ0) is 22.8. The highest BCUT2D eigenvalue weighted by molar-refractivity contribution is 6.07. The molecule has 0 aliphatic carbocycles. The molecule has 1 saturated heterocycles. The van der Waals surface area contributed by atoms with E-state index in [4.69, 9.17) is 4.74 Å². The number of esters is 1. The van der Waals surface area contributed by atoms with Gasteiger partial charge >= 0.3 is 12.1 Å². The van der Waals surface area contributed by atoms with E-state index < -0.39 is 23.3 Å². The van der Waals surface area contributed by atoms with Gasteiger partial charge in [0.1, 0.15) is 5.60 Å². The number of likely N-dealkylation sites (tertiary alicyclic amines) is 1. The highest BCUT2D eigenvalue weighted by Gasteiger charge is 2.50. The molecule has 0 bridgehead atoms. The second-order valence-corrected chi connectivity index (χ2v) is 8.03. The third kappa shape index (κ3) is 4.87. The number of hydrogen-bond donors (Lipinski definition) is 2. The van der Waals surface area contributed by atoms with Gasteiger partial charge in [0.2, 0.25) is 0 Å². The van der Waals surface area contributed by atoms with Gasteiger partial charge in [-0.3, -0.25) is 4.79 Å². The molecule has 1 amide bonds. The van der Waals surface area contributed by atoms with Crippen LogP contribution < -0.4 is 10.6 Å². The van der Waals surface area contributed by atoms with Crippen LogP contribution in [0, 0.1) is 6.92 Å². The van der Waals surface area contributed by atoms with Gasteiger partial charge in [-0.1, -0.05) is 13.0 Å². The molecule has 0 unspecified atom stereocenters. The number of hydrogen-bond acceptors (Lipinski definition) is 5. The average Bonchev–Trinajstić information content (AvgIpc) is 2.95. The van der Waals surface area contributed by atoms with Crippen molar-refractivity contribution in [3.05, 3.63) is 40.5 Å². The zero-order valence-corrected chi connectivity index (χ0v) is 18.0. The lowest BCUT2D eigenvalue weighted by Gasteiger charge is -2.39. The second-order valence-electron chi connectivity index (χ2n) is 8.03. The first-order chi connectivity index (χ1) is 14.6. The Hall–Kier alpha value is -2.55. The quantitative estimate of drug-likeness (QED) is 0.526. The normalized spacial score (nSPS) is 19.0. The van der Waals surface area contributed by atoms with Crippen LogP contribution in [0.25, 0.3) is 0 Å². The van der Waals surface area contributed by atoms with Crippen LogP contribution in [0.3, 0.4) is 0 Å². The summed E-state index contributed by atoms with van der Waals surface area (Å²) in [4.78, 5) is 27.3. The summed E-state index contributed by atoms with van der Waals surface area (Å²) in [6, 6.07) is 3.51. The van der Waals surface area contributed by atoms with Crippen molar-refractivity contribution in [2.24, 2.45) is 0 Å². The van der Waals surface area contributed by atoms with E-state index in [9.17, 15) is 22.8 Å². The van der Waals surface area contributed by atoms with Crippen molar-refractivity contribution in [3.8, 4) is 0 Å². The van der Waals surface area contributed by atoms with E-state index in [-0.39, 0.29) is 19.0 Å². The van der Waals surface area contributed by atoms with Crippen LogP contribution in [0.2, 0.25) is 0 Å². The maximum atomic E-state index is 12.9. The number of aryl methyl sites for hydroxylation is 1. The summed E-state index contributed by atoms with van der Waals surface area (Å²) in [5.74, 6) is -0.830. The SMILES string of the molecule is CCN1CCC2(CC1)OC(=O)C(C)=C2C(=O)NCCNc1cc(C(F)(F)F)ccc1C. The summed E-state index contributed by atoms with van der Waals surface area (Å²) in [6.45, 7) is 8.18. The van der Waals surface area contributed by atoms with E-state index in [0.29, 0.717) is 35.2 Å². The predicted molar refractivity (Wildman–Crippen MR) is 111 cm³/mol. The van der Waals surface area contributed by atoms with E-state index >= 15 is 0 Å². The second kappa shape index (κ2) is 8.90. The summed E-state index contributed by atoms with van der Waals surface area (Å²) in [7, 11) is 0. The minimum absolute atomic E-state index is 0.191. The third-order valence-electron chi connectivity index (χ3n) is 6.05. The molecule has 0 aromatic heterocycles. The summed E-state index contributed by atoms with van der Waals surface area (Å²) in [5, 5.41) is 5.72. The zero-order valence-electron chi connectivity index (χ0n) is 18.0. The van der Waals surface area contributed by atoms with Crippen molar-refractivity contribution in [1.29, 1.82) is 0 Å². The minimum atomic E-state index is -4.42. The van der Waals surface area contributed by atoms with Gasteiger partial charge in [-0.15, -0.1) is 0 Å². The Morgan fingerprint density at radius 3 is 2.48 bits per heavy atom. The molecule has 2 N–H and O–H groups in total. The first-order valence-corrected chi connectivity index (χ1v) is 10.4. The summed E-state index contributed by atoms with van der Waals surface area (Å²) < 4.78 is 44.4. The molecule has 1 spiro atoms. The molecule has 2 aliphatic heterocycles. The Morgan fingerprint density at radius 2 is 1.87 bits per heavy atom. The number of anilines is 1. The lowest BCUT2D eigenvalue weighted by Crippen LogP contribution is -2.49. The lowest BCUT2D eigenvalue weighted by atomic mass is 9.82. The van der Waals surface area contributed by atoms with Crippen molar-refractivity contribution >= 4 is 17.6 Å². The van der Waals surface area contributed by atoms with Crippen LogP contribution >= 0.6 is 0 Å². The maximum Gasteiger partial charge on any atom is 0.416 e. The molecule has 31 heavy (non-hydrogen) atoms. The fourth-order valence-electron chi connectivity index (χ4n) is 4.16. The molecule has 0 radical (unpaired) electrons. The van der Waals surface area contributed by atoms with E-state index in [2.05, 4.69) is 22.5 Å². The highest BCUT2D eigenvalue weighted by Crippen LogP contribution is 2.41. The number of amides is 1. The summed E-state index contributed by atoms with van der Waals surface area (Å²) >= 11 is 0. The summed E-state index contributed by atoms with van der Waals surface area (Å²) in [5.41, 5.74) is 0.124. The molecule has 9 heteroatoms. The number of benzene rings is 1. The van der Waals surface area contributed by atoms with Gasteiger partial charge in [0.25, 0.3) is 5.91 Å². The maximum absolute atomic E-state index is 12.9. The Labute approximate surface area is 179 Å². The molecular weight excluding hydrogens is 411 g/mol. The highest BCUT2D eigenvalue weighted by atomic mass is 19.4. The standard InChI is InChI=1S/C22H28F3N3O3/c1-4-28-11-7-21(8-12-28)18(15(3)20(30)31-21)19(29)27-10-9-26-17-13-16(22(23,24)25)6-5-14(17)2/h5-6,13,26H,4,7-12H2,1-3H3,(H,27,29). The fourth-order valence-corrected chi connectivity index (χ4v) is 4.16. The number of nitrogens with zero attached hydrogens (tertiary/aromatic N) is 1. The molecular formula is C22H28F3N3O3. The van der Waals surface area contributed by atoms with Gasteiger partial charge < -0.3 is 20.3 Å². The molecule has 1 fully saturated rings. The number of halogens is 3. The first kappa shape index (κ1) is 23.1. The van der Waals surface area contributed by atoms with E-state index in [0.717, 1.165) is 31.8 Å². The minimum Gasteiger partial charge on any atom is -0.450 e. The van der Waals surface area contributed by atoms with Crippen LogP contribution in [0.1, 0.15) is 37.8 Å². The number of piperidine rings is 1. The Morgan fingerprint density at radius 1 is 1.19 bits per heavy atom. The van der Waals surface area contributed by atoms with Crippen LogP contribution in [0.15, 0.2) is 29.3 Å². The van der Waals surface area contributed by atoms with Crippen LogP contribution in [0.4, 0.5) is 18.9 Å². The molecule has 0 saturated carbocycles. The predicted octanol–water partition coefficient (Wildman–Crippen LogP) is 3.27. The average molecular weight is 439 g/mol. The van der Waals surface area contributed by atoms with Crippen LogP contribution in [0.5, 0.6) is 0 Å². The van der Waals surface area contributed by atoms with Crippen LogP contribution in [-0.4, -0.2) is 55.1 Å². The summed E-state index contributed by atoms with van der Waals surface area (Å²) in [6.07, 6.45) is -3.29. The molecule has 2 aliphatic rings. The number of carbonyl (C=O) groups excluding carboxylic acids is 2. The molecule has 1 aromatic carbocycles. The van der Waals surface area contributed by atoms with Crippen LogP contribution in [-0.2, 0) is 20.5 Å². The molecule has 1 aromatic rings. The lowest BCUT2D eigenvalue weighted by molar-refractivity contribution is -0.150. The third-order valence-corrected chi connectivity index (χ3v) is 6.05. The molecule has 3 rings (SSSR count). The molecule has 170 valence electrons. The number of ether oxygens (including phenoxy) is 1. The van der Waals surface area contributed by atoms with Gasteiger partial charge in [0, 0.05) is 50.3 Å². The Kier molecular flexibility index (Phi) is 6.64. The molecule has 2 heterocycles. The molecule has 6 nitrogen and oxygen atoms in total. The van der Waals surface area contributed by atoms with E-state index in [1.165, 1.54) is 6.07 Å². The Balaban J connectivity index is 1.61. The van der Waals surface area contributed by atoms with Crippen molar-refractivity contribution in [3.63, 3.8) is 0 Å². The van der Waals surface area contributed by atoms with Gasteiger partial charge in [0.05, 0.1) is 11.1 Å². The van der Waals surface area contributed by atoms with E-state index in [1.54, 1.807) is 13.8 Å². The Bertz CT molecular complexity index is 888. The van der Waals surface area contributed by atoms with Gasteiger partial charge in [-0.05, 0) is 38.1 Å². The van der Waals surface area contributed by atoms with Gasteiger partial charge in [-0.2, -0.15) is 13.2 Å². The number of carbonyl (C=O) groups is 2. The van der Waals surface area contributed by atoms with Gasteiger partial charge in [-0.25, -0.2) is 4.79 Å². The van der Waals surface area contributed by atoms with Crippen molar-refractivity contribution in [1.82, 2.24) is 10.2 Å². The first-order valence-electron chi connectivity index (χ1n) is 10.4. The largest absolute Gasteiger partial charge is 0.450 e. The number of nitrogens with one attached hydrogen (secondary N) is 2. The molecule has 0 atom stereocenters. The fraction of sp³-hybridized carbons (Fsp3) is 0.545.